The van der Waals surface area contributed by atoms with Gasteiger partial charge in [-0.05, 0) is 0 Å². The van der Waals surface area contributed by atoms with Crippen LogP contribution in [0.4, 0.5) is 0 Å². The molecule has 0 atom stereocenters. The number of benzene rings is 2. The van der Waals surface area contributed by atoms with E-state index in [1.807, 2.05) is 60.7 Å². The quantitative estimate of drug-likeness (QED) is 0.516. The smallest absolute Gasteiger partial charge is 0.193 e. The first-order valence-electron chi connectivity index (χ1n) is 4.53. The number of carbonyl (C=O) groups is 1. The SMILES string of the molecule is O=[13C](c1ccccc1)c1ccccc1. The maximum Gasteiger partial charge on any atom is 0.193 e. The molecule has 0 bridgehead atoms. The van der Waals surface area contributed by atoms with E-state index in [0.717, 1.165) is 11.1 Å². The fraction of sp³-hybridized carbons (Fsp3) is 0. The normalized spacial score (nSPS) is 9.71. The lowest BCUT2D eigenvalue weighted by molar-refractivity contribution is 0.103. The molecular formula is C13H10O. The van der Waals surface area contributed by atoms with Crippen LogP contribution in [-0.2, 0) is 0 Å². The minimum atomic E-state index is 0.0752. The summed E-state index contributed by atoms with van der Waals surface area (Å²) in [6.45, 7) is 0. The average Bonchev–Trinajstić information content (AvgIpc) is 2.30. The summed E-state index contributed by atoms with van der Waals surface area (Å²) in [7, 11) is 0. The van der Waals surface area contributed by atoms with Crippen LogP contribution in [0, 0.1) is 0 Å². The van der Waals surface area contributed by atoms with Gasteiger partial charge in [0, 0.05) is 11.1 Å². The van der Waals surface area contributed by atoms with Crippen LogP contribution in [0.2, 0.25) is 0 Å². The maximum absolute atomic E-state index is 11.8. The van der Waals surface area contributed by atoms with Crippen molar-refractivity contribution in [2.24, 2.45) is 0 Å². The highest BCUT2D eigenvalue weighted by Gasteiger charge is 2.06. The van der Waals surface area contributed by atoms with Crippen molar-refractivity contribution in [1.29, 1.82) is 0 Å². The van der Waals surface area contributed by atoms with Crippen molar-refractivity contribution >= 4 is 5.78 Å². The van der Waals surface area contributed by atoms with E-state index in [0.29, 0.717) is 0 Å². The summed E-state index contributed by atoms with van der Waals surface area (Å²) in [5.41, 5.74) is 1.47. The highest BCUT2D eigenvalue weighted by Crippen LogP contribution is 2.08. The van der Waals surface area contributed by atoms with E-state index in [-0.39, 0.29) is 5.78 Å². The summed E-state index contributed by atoms with van der Waals surface area (Å²) >= 11 is 0. The van der Waals surface area contributed by atoms with E-state index in [4.69, 9.17) is 0 Å². The highest BCUT2D eigenvalue weighted by atomic mass is 16.2. The zero-order valence-corrected chi connectivity index (χ0v) is 7.68. The van der Waals surface area contributed by atoms with Gasteiger partial charge in [-0.2, -0.15) is 0 Å². The van der Waals surface area contributed by atoms with Crippen molar-refractivity contribution in [3.8, 4) is 0 Å². The van der Waals surface area contributed by atoms with Crippen LogP contribution in [0.15, 0.2) is 60.7 Å². The molecule has 0 spiro atoms. The molecule has 0 radical (unpaired) electrons. The largest absolute Gasteiger partial charge is 0.289 e. The third kappa shape index (κ3) is 1.72. The Morgan fingerprint density at radius 1 is 0.643 bits per heavy atom. The Kier molecular flexibility index (Phi) is 2.41. The van der Waals surface area contributed by atoms with Gasteiger partial charge in [0.15, 0.2) is 5.78 Å². The number of hydrogen-bond donors (Lipinski definition) is 0. The van der Waals surface area contributed by atoms with Crippen molar-refractivity contribution in [1.82, 2.24) is 0 Å². The van der Waals surface area contributed by atoms with E-state index >= 15 is 0 Å². The molecule has 1 heteroatoms. The molecule has 0 unspecified atom stereocenters. The van der Waals surface area contributed by atoms with Gasteiger partial charge in [0.1, 0.15) is 0 Å². The Bertz CT molecular complexity index is 376. The number of rotatable bonds is 2. The summed E-state index contributed by atoms with van der Waals surface area (Å²) in [6.07, 6.45) is 0. The highest BCUT2D eigenvalue weighted by molar-refractivity contribution is 6.08. The summed E-state index contributed by atoms with van der Waals surface area (Å²) in [5.74, 6) is 0.0752. The first-order valence-corrected chi connectivity index (χ1v) is 4.53. The van der Waals surface area contributed by atoms with Crippen molar-refractivity contribution in [2.75, 3.05) is 0 Å². The van der Waals surface area contributed by atoms with Crippen LogP contribution in [0.5, 0.6) is 0 Å². The lowest BCUT2D eigenvalue weighted by Gasteiger charge is -1.99. The summed E-state index contributed by atoms with van der Waals surface area (Å²) < 4.78 is 0. The Morgan fingerprint density at radius 2 is 1.00 bits per heavy atom. The minimum absolute atomic E-state index is 0.0752. The van der Waals surface area contributed by atoms with Crippen molar-refractivity contribution in [3.05, 3.63) is 71.8 Å². The fourth-order valence-corrected chi connectivity index (χ4v) is 1.35. The fourth-order valence-electron chi connectivity index (χ4n) is 1.35. The van der Waals surface area contributed by atoms with Gasteiger partial charge in [0.05, 0.1) is 0 Å². The van der Waals surface area contributed by atoms with Gasteiger partial charge in [-0.15, -0.1) is 0 Å². The van der Waals surface area contributed by atoms with Gasteiger partial charge in [-0.3, -0.25) is 4.79 Å². The topological polar surface area (TPSA) is 17.1 Å². The number of carbonyl (C=O) groups excluding carboxylic acids is 1. The maximum atomic E-state index is 11.8. The summed E-state index contributed by atoms with van der Waals surface area (Å²) in [4.78, 5) is 11.8. The van der Waals surface area contributed by atoms with Crippen LogP contribution in [0.25, 0.3) is 0 Å². The predicted octanol–water partition coefficient (Wildman–Crippen LogP) is 2.92. The third-order valence-corrected chi connectivity index (χ3v) is 2.07. The second kappa shape index (κ2) is 3.88. The molecule has 0 amide bonds. The summed E-state index contributed by atoms with van der Waals surface area (Å²) in [6, 6.07) is 18.6. The standard InChI is InChI=1S/C13H10O/c14-13(11-7-3-1-4-8-11)12-9-5-2-6-10-12/h1-10H/i13+1. The monoisotopic (exact) mass is 183 g/mol. The molecule has 2 rings (SSSR count). The molecule has 0 aliphatic heterocycles. The minimum Gasteiger partial charge on any atom is -0.289 e. The summed E-state index contributed by atoms with van der Waals surface area (Å²) in [5, 5.41) is 0. The molecule has 68 valence electrons. The van der Waals surface area contributed by atoms with E-state index in [1.54, 1.807) is 0 Å². The first kappa shape index (κ1) is 8.70. The van der Waals surface area contributed by atoms with Crippen LogP contribution >= 0.6 is 0 Å². The van der Waals surface area contributed by atoms with Crippen LogP contribution in [0.1, 0.15) is 15.9 Å². The first-order chi connectivity index (χ1) is 6.88. The Hall–Kier alpha value is -1.89. The van der Waals surface area contributed by atoms with Gasteiger partial charge < -0.3 is 0 Å². The van der Waals surface area contributed by atoms with Crippen molar-refractivity contribution < 1.29 is 4.79 Å². The number of ketones is 1. The molecule has 0 saturated heterocycles. The van der Waals surface area contributed by atoms with Crippen molar-refractivity contribution in [2.45, 2.75) is 0 Å². The van der Waals surface area contributed by atoms with Gasteiger partial charge in [0.25, 0.3) is 0 Å². The van der Waals surface area contributed by atoms with E-state index < -0.39 is 0 Å². The molecule has 0 aliphatic carbocycles. The van der Waals surface area contributed by atoms with Crippen LogP contribution in [-0.4, -0.2) is 5.78 Å². The lowest BCUT2D eigenvalue weighted by Crippen LogP contribution is -1.99. The van der Waals surface area contributed by atoms with E-state index in [9.17, 15) is 4.79 Å². The zero-order chi connectivity index (χ0) is 9.80. The van der Waals surface area contributed by atoms with Gasteiger partial charge in [0.2, 0.25) is 0 Å². The zero-order valence-electron chi connectivity index (χ0n) is 7.68. The van der Waals surface area contributed by atoms with E-state index in [2.05, 4.69) is 0 Å². The van der Waals surface area contributed by atoms with Crippen LogP contribution in [0.3, 0.4) is 0 Å². The molecule has 0 aromatic heterocycles. The molecule has 2 aromatic rings. The third-order valence-electron chi connectivity index (χ3n) is 2.07. The molecule has 0 saturated carbocycles. The Morgan fingerprint density at radius 3 is 1.36 bits per heavy atom. The average molecular weight is 183 g/mol. The molecule has 14 heavy (non-hydrogen) atoms. The van der Waals surface area contributed by atoms with E-state index in [1.165, 1.54) is 0 Å². The molecule has 0 heterocycles. The second-order valence-electron chi connectivity index (χ2n) is 3.06. The van der Waals surface area contributed by atoms with Gasteiger partial charge in [-0.25, -0.2) is 0 Å². The van der Waals surface area contributed by atoms with Crippen LogP contribution < -0.4 is 0 Å². The number of hydrogen-bond acceptors (Lipinski definition) is 1. The Labute approximate surface area is 83.0 Å². The molecule has 1 nitrogen and oxygen atoms in total. The molecular weight excluding hydrogens is 173 g/mol. The second-order valence-corrected chi connectivity index (χ2v) is 3.06. The molecule has 0 N–H and O–H groups in total. The Balaban J connectivity index is 2.35. The molecule has 0 aliphatic rings. The van der Waals surface area contributed by atoms with Gasteiger partial charge in [-0.1, -0.05) is 60.7 Å². The predicted molar refractivity (Wildman–Crippen MR) is 56.3 cm³/mol. The molecule has 2 aromatic carbocycles. The lowest BCUT2D eigenvalue weighted by atomic mass is 10.2. The van der Waals surface area contributed by atoms with Gasteiger partial charge >= 0.3 is 0 Å². The molecule has 0 fully saturated rings. The van der Waals surface area contributed by atoms with Crippen molar-refractivity contribution in [3.63, 3.8) is 0 Å².